The summed E-state index contributed by atoms with van der Waals surface area (Å²) in [5.74, 6) is 0. The van der Waals surface area contributed by atoms with Gasteiger partial charge in [0, 0.05) is 18.2 Å². The van der Waals surface area contributed by atoms with Crippen LogP contribution in [0.3, 0.4) is 0 Å². The molecule has 2 heterocycles. The van der Waals surface area contributed by atoms with Gasteiger partial charge in [0.25, 0.3) is 0 Å². The van der Waals surface area contributed by atoms with E-state index in [0.717, 1.165) is 0 Å². The molecule has 0 aliphatic carbocycles. The van der Waals surface area contributed by atoms with Crippen molar-refractivity contribution in [2.24, 2.45) is 0 Å². The topological polar surface area (TPSA) is 0 Å². The molecule has 0 unspecified atom stereocenters. The monoisotopic (exact) mass is 346 g/mol. The number of rotatable bonds is 3. The molecule has 0 bridgehead atoms. The molecule has 0 N–H and O–H groups in total. The zero-order valence-electron chi connectivity index (χ0n) is 13.8. The maximum absolute atomic E-state index is 2.41. The molecule has 0 saturated carbocycles. The van der Waals surface area contributed by atoms with E-state index >= 15 is 0 Å². The van der Waals surface area contributed by atoms with Crippen molar-refractivity contribution in [3.63, 3.8) is 0 Å². The van der Waals surface area contributed by atoms with E-state index in [2.05, 4.69) is 63.5 Å². The molecule has 0 spiro atoms. The largest absolute Gasteiger partial charge is 0.214 e. The third-order valence-electron chi connectivity index (χ3n) is 3.20. The predicted octanol–water partition coefficient (Wildman–Crippen LogP) is 6.20. The average molecular weight is 347 g/mol. The van der Waals surface area contributed by atoms with Crippen molar-refractivity contribution >= 4 is 42.7 Å². The van der Waals surface area contributed by atoms with Crippen LogP contribution in [-0.2, 0) is 0 Å². The van der Waals surface area contributed by atoms with Crippen LogP contribution < -0.4 is 0 Å². The van der Waals surface area contributed by atoms with Crippen LogP contribution >= 0.6 is 42.7 Å². The Kier molecular flexibility index (Phi) is 4.43. The SMILES string of the molecule is Cc1cc(S(C)(C)C)sc1-c1sc(S(C)(C)C)cc1C. The smallest absolute Gasteiger partial charge is 0.0486 e. The predicted molar refractivity (Wildman–Crippen MR) is 104 cm³/mol. The summed E-state index contributed by atoms with van der Waals surface area (Å²) < 4.78 is 3.14. The molecular formula is C16H26S4. The van der Waals surface area contributed by atoms with E-state index in [1.807, 2.05) is 22.7 Å². The van der Waals surface area contributed by atoms with Gasteiger partial charge >= 0.3 is 0 Å². The van der Waals surface area contributed by atoms with Gasteiger partial charge in [0.2, 0.25) is 0 Å². The van der Waals surface area contributed by atoms with Crippen LogP contribution in [0.25, 0.3) is 9.75 Å². The van der Waals surface area contributed by atoms with E-state index in [0.29, 0.717) is 0 Å². The van der Waals surface area contributed by atoms with Crippen molar-refractivity contribution < 1.29 is 0 Å². The lowest BCUT2D eigenvalue weighted by molar-refractivity contribution is 1.47. The molecule has 0 fully saturated rings. The zero-order chi connectivity index (χ0) is 15.3. The Morgan fingerprint density at radius 3 is 1.15 bits per heavy atom. The summed E-state index contributed by atoms with van der Waals surface area (Å²) in [6, 6.07) is 4.83. The third kappa shape index (κ3) is 3.29. The molecule has 2 aromatic heterocycles. The first-order chi connectivity index (χ1) is 9.00. The Morgan fingerprint density at radius 2 is 0.950 bits per heavy atom. The second-order valence-corrected chi connectivity index (χ2v) is 17.7. The number of hydrogen-bond acceptors (Lipinski definition) is 2. The summed E-state index contributed by atoms with van der Waals surface area (Å²) in [6.45, 7) is 4.53. The van der Waals surface area contributed by atoms with E-state index in [1.165, 1.54) is 20.9 Å². The highest BCUT2D eigenvalue weighted by Gasteiger charge is 2.20. The maximum atomic E-state index is 2.41. The molecule has 0 aromatic carbocycles. The lowest BCUT2D eigenvalue weighted by atomic mass is 10.2. The van der Waals surface area contributed by atoms with Crippen molar-refractivity contribution in [2.75, 3.05) is 37.5 Å². The molecule has 114 valence electrons. The van der Waals surface area contributed by atoms with Crippen molar-refractivity contribution in [1.82, 2.24) is 0 Å². The van der Waals surface area contributed by atoms with E-state index in [4.69, 9.17) is 0 Å². The summed E-state index contributed by atoms with van der Waals surface area (Å²) in [4.78, 5) is 3.00. The van der Waals surface area contributed by atoms with Crippen molar-refractivity contribution in [2.45, 2.75) is 22.3 Å². The van der Waals surface area contributed by atoms with Gasteiger partial charge in [-0.3, -0.25) is 0 Å². The number of hydrogen-bond donors (Lipinski definition) is 0. The number of aryl methyl sites for hydroxylation is 2. The van der Waals surface area contributed by atoms with Crippen molar-refractivity contribution in [1.29, 1.82) is 0 Å². The fourth-order valence-corrected chi connectivity index (χ4v) is 7.59. The lowest BCUT2D eigenvalue weighted by Crippen LogP contribution is -1.87. The minimum Gasteiger partial charge on any atom is -0.214 e. The van der Waals surface area contributed by atoms with Gasteiger partial charge in [0.15, 0.2) is 0 Å². The molecule has 20 heavy (non-hydrogen) atoms. The van der Waals surface area contributed by atoms with Crippen LogP contribution in [0, 0.1) is 13.8 Å². The average Bonchev–Trinajstić information content (AvgIpc) is 2.80. The molecule has 0 amide bonds. The normalized spacial score (nSPS) is 14.6. The van der Waals surface area contributed by atoms with Gasteiger partial charge in [0.1, 0.15) is 0 Å². The van der Waals surface area contributed by atoms with Crippen LogP contribution in [-0.4, -0.2) is 37.5 Å². The van der Waals surface area contributed by atoms with Gasteiger partial charge in [-0.15, -0.1) is 22.7 Å². The van der Waals surface area contributed by atoms with Gasteiger partial charge in [0.05, 0.1) is 0 Å². The van der Waals surface area contributed by atoms with Crippen molar-refractivity contribution in [3.8, 4) is 9.75 Å². The minimum atomic E-state index is -0.619. The number of thiophene rings is 2. The molecular weight excluding hydrogens is 320 g/mol. The maximum Gasteiger partial charge on any atom is 0.0486 e. The molecule has 0 saturated heterocycles. The summed E-state index contributed by atoms with van der Waals surface area (Å²) in [5.41, 5.74) is 2.90. The van der Waals surface area contributed by atoms with Crippen molar-refractivity contribution in [3.05, 3.63) is 23.3 Å². The molecule has 4 heteroatoms. The molecule has 2 rings (SSSR count). The Morgan fingerprint density at radius 1 is 0.650 bits per heavy atom. The Bertz CT molecular complexity index is 562. The highest BCUT2D eigenvalue weighted by Crippen LogP contribution is 2.56. The molecule has 2 aromatic rings. The minimum absolute atomic E-state index is 0.619. The van der Waals surface area contributed by atoms with Gasteiger partial charge < -0.3 is 0 Å². The fourth-order valence-electron chi connectivity index (χ4n) is 1.96. The van der Waals surface area contributed by atoms with Crippen LogP contribution in [0.4, 0.5) is 0 Å². The first-order valence-corrected chi connectivity index (χ1v) is 13.9. The molecule has 0 nitrogen and oxygen atoms in total. The van der Waals surface area contributed by atoms with Crippen LogP contribution in [0.2, 0.25) is 0 Å². The zero-order valence-corrected chi connectivity index (χ0v) is 17.1. The molecule has 0 radical (unpaired) electrons. The van der Waals surface area contributed by atoms with Gasteiger partial charge in [-0.1, -0.05) is 0 Å². The highest BCUT2D eigenvalue weighted by molar-refractivity contribution is 8.33. The third-order valence-corrected chi connectivity index (χ3v) is 11.6. The Balaban J connectivity index is 2.53. The van der Waals surface area contributed by atoms with E-state index < -0.39 is 20.1 Å². The van der Waals surface area contributed by atoms with Gasteiger partial charge in [-0.05, 0) is 74.6 Å². The van der Waals surface area contributed by atoms with E-state index in [9.17, 15) is 0 Å². The van der Waals surface area contributed by atoms with Gasteiger partial charge in [-0.2, -0.15) is 0 Å². The highest BCUT2D eigenvalue weighted by atomic mass is 32.3. The van der Waals surface area contributed by atoms with Crippen LogP contribution in [0.15, 0.2) is 20.6 Å². The van der Waals surface area contributed by atoms with Gasteiger partial charge in [-0.25, -0.2) is 20.1 Å². The molecule has 0 atom stereocenters. The first-order valence-electron chi connectivity index (χ1n) is 6.58. The van der Waals surface area contributed by atoms with Crippen LogP contribution in [0.5, 0.6) is 0 Å². The quantitative estimate of drug-likeness (QED) is 0.620. The summed E-state index contributed by atoms with van der Waals surface area (Å²) >= 11 is 4.03. The second-order valence-electron chi connectivity index (χ2n) is 6.83. The fraction of sp³-hybridized carbons (Fsp3) is 0.500. The Labute approximate surface area is 135 Å². The molecule has 0 aliphatic heterocycles. The lowest BCUT2D eigenvalue weighted by Gasteiger charge is -2.23. The summed E-state index contributed by atoms with van der Waals surface area (Å²) in [5, 5.41) is 0. The first kappa shape index (κ1) is 16.5. The van der Waals surface area contributed by atoms with E-state index in [1.54, 1.807) is 8.42 Å². The summed E-state index contributed by atoms with van der Waals surface area (Å²) in [7, 11) is -1.24. The Hall–Kier alpha value is 0.1000. The summed E-state index contributed by atoms with van der Waals surface area (Å²) in [6.07, 6.45) is 14.3. The second kappa shape index (κ2) is 5.38. The standard InChI is InChI=1S/C16H26S4/c1-11-9-13(19(3,4)5)17-15(11)16-12(2)10-14(18-16)20(6,7)8/h9-10H,1-8H3. The molecule has 0 aliphatic rings. The van der Waals surface area contributed by atoms with E-state index in [-0.39, 0.29) is 0 Å². The van der Waals surface area contributed by atoms with Crippen LogP contribution in [0.1, 0.15) is 11.1 Å².